The van der Waals surface area contributed by atoms with Crippen molar-refractivity contribution in [2.75, 3.05) is 11.9 Å². The van der Waals surface area contributed by atoms with Crippen LogP contribution in [0.25, 0.3) is 0 Å². The normalized spacial score (nSPS) is 14.8. The van der Waals surface area contributed by atoms with Gasteiger partial charge in [0.25, 0.3) is 5.91 Å². The molecule has 21 heavy (non-hydrogen) atoms. The number of anilines is 1. The summed E-state index contributed by atoms with van der Waals surface area (Å²) in [6, 6.07) is 10.0. The van der Waals surface area contributed by atoms with Gasteiger partial charge in [0.1, 0.15) is 5.75 Å². The van der Waals surface area contributed by atoms with E-state index in [0.717, 1.165) is 23.5 Å². The number of nitrogens with zero attached hydrogens (tertiary/aromatic N) is 1. The molecule has 2 N–H and O–H groups in total. The number of carbonyl (C=O) groups excluding carboxylic acids is 1. The first-order valence-electron chi connectivity index (χ1n) is 6.91. The molecule has 0 saturated heterocycles. The SMILES string of the molecule is CC(NCc1ccncc1)c1ccc2c(c1)NC(=O)CO2. The van der Waals surface area contributed by atoms with Gasteiger partial charge in [-0.2, -0.15) is 0 Å². The largest absolute Gasteiger partial charge is 0.482 e. The van der Waals surface area contributed by atoms with Gasteiger partial charge in [-0.05, 0) is 42.3 Å². The van der Waals surface area contributed by atoms with E-state index in [-0.39, 0.29) is 18.6 Å². The van der Waals surface area contributed by atoms with Crippen LogP contribution >= 0.6 is 0 Å². The number of nitrogens with one attached hydrogen (secondary N) is 2. The van der Waals surface area contributed by atoms with Crippen molar-refractivity contribution in [3.63, 3.8) is 0 Å². The van der Waals surface area contributed by atoms with Gasteiger partial charge in [0, 0.05) is 25.0 Å². The molecule has 0 bridgehead atoms. The minimum atomic E-state index is -0.114. The van der Waals surface area contributed by atoms with E-state index >= 15 is 0 Å². The Labute approximate surface area is 123 Å². The molecule has 1 aromatic carbocycles. The second-order valence-electron chi connectivity index (χ2n) is 5.05. The lowest BCUT2D eigenvalue weighted by molar-refractivity contribution is -0.118. The van der Waals surface area contributed by atoms with E-state index < -0.39 is 0 Å². The summed E-state index contributed by atoms with van der Waals surface area (Å²) in [5.74, 6) is 0.608. The summed E-state index contributed by atoms with van der Waals surface area (Å²) < 4.78 is 5.36. The molecular formula is C16H17N3O2. The topological polar surface area (TPSA) is 63.2 Å². The fourth-order valence-electron chi connectivity index (χ4n) is 2.26. The third-order valence-electron chi connectivity index (χ3n) is 3.50. The van der Waals surface area contributed by atoms with E-state index in [1.807, 2.05) is 30.3 Å². The maximum Gasteiger partial charge on any atom is 0.262 e. The molecule has 0 spiro atoms. The zero-order chi connectivity index (χ0) is 14.7. The smallest absolute Gasteiger partial charge is 0.262 e. The second kappa shape index (κ2) is 5.93. The van der Waals surface area contributed by atoms with E-state index in [4.69, 9.17) is 4.74 Å². The van der Waals surface area contributed by atoms with Crippen LogP contribution in [0.3, 0.4) is 0 Å². The molecule has 2 heterocycles. The maximum atomic E-state index is 11.4. The van der Waals surface area contributed by atoms with Crippen molar-refractivity contribution in [1.82, 2.24) is 10.3 Å². The first-order valence-corrected chi connectivity index (χ1v) is 6.91. The van der Waals surface area contributed by atoms with Gasteiger partial charge in [-0.15, -0.1) is 0 Å². The quantitative estimate of drug-likeness (QED) is 0.903. The predicted octanol–water partition coefficient (Wildman–Crippen LogP) is 2.26. The summed E-state index contributed by atoms with van der Waals surface area (Å²) in [6.45, 7) is 2.94. The Morgan fingerprint density at radius 1 is 1.33 bits per heavy atom. The van der Waals surface area contributed by atoms with Gasteiger partial charge in [-0.25, -0.2) is 0 Å². The first kappa shape index (κ1) is 13.6. The van der Waals surface area contributed by atoms with Crippen LogP contribution < -0.4 is 15.4 Å². The number of pyridine rings is 1. The number of hydrogen-bond acceptors (Lipinski definition) is 4. The van der Waals surface area contributed by atoms with E-state index in [9.17, 15) is 4.79 Å². The average molecular weight is 283 g/mol. The number of carbonyl (C=O) groups is 1. The summed E-state index contributed by atoms with van der Waals surface area (Å²) in [5.41, 5.74) is 3.03. The highest BCUT2D eigenvalue weighted by atomic mass is 16.5. The van der Waals surface area contributed by atoms with Crippen molar-refractivity contribution in [2.24, 2.45) is 0 Å². The standard InChI is InChI=1S/C16H17N3O2/c1-11(18-9-12-4-6-17-7-5-12)13-2-3-15-14(8-13)19-16(20)10-21-15/h2-8,11,18H,9-10H2,1H3,(H,19,20). The highest BCUT2D eigenvalue weighted by Crippen LogP contribution is 2.30. The summed E-state index contributed by atoms with van der Waals surface area (Å²) in [5, 5.41) is 6.28. The highest BCUT2D eigenvalue weighted by molar-refractivity contribution is 5.95. The fraction of sp³-hybridized carbons (Fsp3) is 0.250. The molecule has 0 aliphatic carbocycles. The fourth-order valence-corrected chi connectivity index (χ4v) is 2.26. The molecule has 3 rings (SSSR count). The van der Waals surface area contributed by atoms with Gasteiger partial charge >= 0.3 is 0 Å². The Hall–Kier alpha value is -2.40. The molecule has 1 amide bonds. The number of fused-ring (bicyclic) bond motifs is 1. The van der Waals surface area contributed by atoms with Gasteiger partial charge in [-0.3, -0.25) is 9.78 Å². The van der Waals surface area contributed by atoms with Crippen LogP contribution in [0.2, 0.25) is 0 Å². The lowest BCUT2D eigenvalue weighted by Gasteiger charge is -2.21. The number of amides is 1. The third kappa shape index (κ3) is 3.20. The number of benzene rings is 1. The molecule has 1 aromatic heterocycles. The molecule has 108 valence electrons. The Kier molecular flexibility index (Phi) is 3.83. The van der Waals surface area contributed by atoms with Crippen molar-refractivity contribution in [1.29, 1.82) is 0 Å². The predicted molar refractivity (Wildman–Crippen MR) is 80.1 cm³/mol. The van der Waals surface area contributed by atoms with E-state index in [1.165, 1.54) is 5.56 Å². The lowest BCUT2D eigenvalue weighted by atomic mass is 10.1. The summed E-state index contributed by atoms with van der Waals surface area (Å²) in [6.07, 6.45) is 3.57. The Bertz CT molecular complexity index is 643. The minimum Gasteiger partial charge on any atom is -0.482 e. The first-order chi connectivity index (χ1) is 10.2. The Morgan fingerprint density at radius 2 is 2.14 bits per heavy atom. The molecular weight excluding hydrogens is 266 g/mol. The van der Waals surface area contributed by atoms with Crippen LogP contribution in [0.5, 0.6) is 5.75 Å². The van der Waals surface area contributed by atoms with Gasteiger partial charge < -0.3 is 15.4 Å². The molecule has 1 aliphatic rings. The molecule has 1 atom stereocenters. The van der Waals surface area contributed by atoms with Crippen LogP contribution in [0.15, 0.2) is 42.7 Å². The summed E-state index contributed by atoms with van der Waals surface area (Å²) in [4.78, 5) is 15.4. The molecule has 0 saturated carbocycles. The average Bonchev–Trinajstić information content (AvgIpc) is 2.53. The minimum absolute atomic E-state index is 0.0855. The Morgan fingerprint density at radius 3 is 2.95 bits per heavy atom. The van der Waals surface area contributed by atoms with Crippen molar-refractivity contribution in [3.05, 3.63) is 53.9 Å². The summed E-state index contributed by atoms with van der Waals surface area (Å²) >= 11 is 0. The van der Waals surface area contributed by atoms with Crippen molar-refractivity contribution in [2.45, 2.75) is 19.5 Å². The maximum absolute atomic E-state index is 11.4. The molecule has 5 nitrogen and oxygen atoms in total. The monoisotopic (exact) mass is 283 g/mol. The van der Waals surface area contributed by atoms with Crippen molar-refractivity contribution >= 4 is 11.6 Å². The van der Waals surface area contributed by atoms with E-state index in [2.05, 4.69) is 22.5 Å². The van der Waals surface area contributed by atoms with Gasteiger partial charge in [0.15, 0.2) is 6.61 Å². The highest BCUT2D eigenvalue weighted by Gasteiger charge is 2.17. The van der Waals surface area contributed by atoms with E-state index in [1.54, 1.807) is 12.4 Å². The van der Waals surface area contributed by atoms with Crippen molar-refractivity contribution < 1.29 is 9.53 Å². The Balaban J connectivity index is 1.69. The zero-order valence-electron chi connectivity index (χ0n) is 11.8. The molecule has 1 aliphatic heterocycles. The molecule has 0 fully saturated rings. The number of hydrogen-bond donors (Lipinski definition) is 2. The third-order valence-corrected chi connectivity index (χ3v) is 3.50. The van der Waals surface area contributed by atoms with Gasteiger partial charge in [-0.1, -0.05) is 6.07 Å². The zero-order valence-corrected chi connectivity index (χ0v) is 11.8. The molecule has 1 unspecified atom stereocenters. The molecule has 2 aromatic rings. The van der Waals surface area contributed by atoms with Crippen LogP contribution in [0.4, 0.5) is 5.69 Å². The van der Waals surface area contributed by atoms with Crippen molar-refractivity contribution in [3.8, 4) is 5.75 Å². The van der Waals surface area contributed by atoms with Gasteiger partial charge in [0.05, 0.1) is 5.69 Å². The number of ether oxygens (including phenoxy) is 1. The van der Waals surface area contributed by atoms with Crippen LogP contribution in [0.1, 0.15) is 24.1 Å². The van der Waals surface area contributed by atoms with Crippen LogP contribution in [0, 0.1) is 0 Å². The van der Waals surface area contributed by atoms with Crippen LogP contribution in [-0.4, -0.2) is 17.5 Å². The number of rotatable bonds is 4. The second-order valence-corrected chi connectivity index (χ2v) is 5.05. The molecule has 5 heteroatoms. The lowest BCUT2D eigenvalue weighted by Crippen LogP contribution is -2.26. The molecule has 0 radical (unpaired) electrons. The van der Waals surface area contributed by atoms with Crippen LogP contribution in [-0.2, 0) is 11.3 Å². The van der Waals surface area contributed by atoms with Gasteiger partial charge in [0.2, 0.25) is 0 Å². The summed E-state index contributed by atoms with van der Waals surface area (Å²) in [7, 11) is 0. The number of aromatic nitrogens is 1. The van der Waals surface area contributed by atoms with E-state index in [0.29, 0.717) is 0 Å².